The van der Waals surface area contributed by atoms with Crippen molar-refractivity contribution in [3.05, 3.63) is 29.6 Å². The van der Waals surface area contributed by atoms with Gasteiger partial charge in [0.05, 0.1) is 5.56 Å². The molecule has 2 rings (SSSR count). The zero-order valence-corrected chi connectivity index (χ0v) is 11.1. The quantitative estimate of drug-likeness (QED) is 0.840. The molecule has 0 amide bonds. The Morgan fingerprint density at radius 1 is 1.33 bits per heavy atom. The van der Waals surface area contributed by atoms with Crippen LogP contribution in [-0.2, 0) is 6.42 Å². The van der Waals surface area contributed by atoms with E-state index in [4.69, 9.17) is 10.3 Å². The van der Waals surface area contributed by atoms with Gasteiger partial charge < -0.3 is 10.3 Å². The first-order chi connectivity index (χ1) is 8.58. The van der Waals surface area contributed by atoms with E-state index in [1.54, 1.807) is 0 Å². The molecule has 0 aliphatic rings. The number of aryl methyl sites for hydroxylation is 2. The van der Waals surface area contributed by atoms with Crippen molar-refractivity contribution in [3.63, 3.8) is 0 Å². The van der Waals surface area contributed by atoms with Crippen LogP contribution >= 0.6 is 0 Å². The summed E-state index contributed by atoms with van der Waals surface area (Å²) in [5.41, 5.74) is 8.53. The van der Waals surface area contributed by atoms with Gasteiger partial charge in [-0.3, -0.25) is 0 Å². The van der Waals surface area contributed by atoms with Gasteiger partial charge in [-0.2, -0.15) is 4.98 Å². The molecule has 1 heterocycles. The van der Waals surface area contributed by atoms with Crippen molar-refractivity contribution < 1.29 is 4.52 Å². The molecule has 2 aromatic rings. The van der Waals surface area contributed by atoms with Crippen molar-refractivity contribution >= 4 is 5.69 Å². The lowest BCUT2D eigenvalue weighted by atomic mass is 10.1. The van der Waals surface area contributed by atoms with Crippen molar-refractivity contribution in [2.45, 2.75) is 33.6 Å². The molecular weight excluding hydrogens is 226 g/mol. The van der Waals surface area contributed by atoms with E-state index in [1.807, 2.05) is 25.1 Å². The third kappa shape index (κ3) is 2.70. The highest BCUT2D eigenvalue weighted by Crippen LogP contribution is 2.27. The van der Waals surface area contributed by atoms with E-state index in [0.717, 1.165) is 29.8 Å². The summed E-state index contributed by atoms with van der Waals surface area (Å²) in [4.78, 5) is 4.42. The first-order valence-corrected chi connectivity index (χ1v) is 6.26. The number of benzene rings is 1. The minimum absolute atomic E-state index is 0.518. The van der Waals surface area contributed by atoms with Crippen LogP contribution in [0.3, 0.4) is 0 Å². The predicted molar refractivity (Wildman–Crippen MR) is 72.0 cm³/mol. The molecule has 0 radical (unpaired) electrons. The Labute approximate surface area is 107 Å². The zero-order valence-electron chi connectivity index (χ0n) is 11.1. The lowest BCUT2D eigenvalue weighted by molar-refractivity contribution is 0.419. The zero-order chi connectivity index (χ0) is 13.1. The number of nitrogens with zero attached hydrogens (tertiary/aromatic N) is 2. The Bertz CT molecular complexity index is 511. The molecule has 18 heavy (non-hydrogen) atoms. The van der Waals surface area contributed by atoms with Crippen LogP contribution in [0.2, 0.25) is 0 Å². The highest BCUT2D eigenvalue weighted by atomic mass is 16.5. The lowest BCUT2D eigenvalue weighted by Gasteiger charge is -2.03. The first-order valence-electron chi connectivity index (χ1n) is 6.26. The summed E-state index contributed by atoms with van der Waals surface area (Å²) in [5.74, 6) is 1.90. The molecule has 1 aromatic carbocycles. The standard InChI is InChI=1S/C14H19N3O/c1-9(2)7-8-12-16-14(18-17-12)13-10(3)5-4-6-11(13)15/h4-6,9H,7-8,15H2,1-3H3. The normalized spacial score (nSPS) is 11.1. The molecular formula is C14H19N3O. The Balaban J connectivity index is 2.24. The third-order valence-electron chi connectivity index (χ3n) is 2.93. The van der Waals surface area contributed by atoms with Crippen LogP contribution < -0.4 is 5.73 Å². The van der Waals surface area contributed by atoms with E-state index in [0.29, 0.717) is 17.5 Å². The van der Waals surface area contributed by atoms with Gasteiger partial charge >= 0.3 is 0 Å². The number of nitrogens with two attached hydrogens (primary N) is 1. The van der Waals surface area contributed by atoms with Crippen LogP contribution in [-0.4, -0.2) is 10.1 Å². The monoisotopic (exact) mass is 245 g/mol. The minimum Gasteiger partial charge on any atom is -0.398 e. The first kappa shape index (κ1) is 12.6. The molecule has 0 saturated heterocycles. The van der Waals surface area contributed by atoms with Crippen molar-refractivity contribution in [1.82, 2.24) is 10.1 Å². The van der Waals surface area contributed by atoms with Crippen LogP contribution in [0.15, 0.2) is 22.7 Å². The summed E-state index contributed by atoms with van der Waals surface area (Å²) in [7, 11) is 0. The Hall–Kier alpha value is -1.84. The molecule has 0 unspecified atom stereocenters. The molecule has 4 nitrogen and oxygen atoms in total. The van der Waals surface area contributed by atoms with Gasteiger partial charge in [-0.15, -0.1) is 0 Å². The van der Waals surface area contributed by atoms with Crippen LogP contribution in [0.4, 0.5) is 5.69 Å². The topological polar surface area (TPSA) is 64.9 Å². The summed E-state index contributed by atoms with van der Waals surface area (Å²) in [5, 5.41) is 4.01. The molecule has 0 saturated carbocycles. The maximum Gasteiger partial charge on any atom is 0.260 e. The molecule has 0 bridgehead atoms. The maximum absolute atomic E-state index is 5.96. The van der Waals surface area contributed by atoms with Gasteiger partial charge in [0, 0.05) is 12.1 Å². The second kappa shape index (κ2) is 5.21. The fraction of sp³-hybridized carbons (Fsp3) is 0.429. The average molecular weight is 245 g/mol. The van der Waals surface area contributed by atoms with E-state index in [-0.39, 0.29) is 0 Å². The number of rotatable bonds is 4. The van der Waals surface area contributed by atoms with E-state index < -0.39 is 0 Å². The third-order valence-corrected chi connectivity index (χ3v) is 2.93. The summed E-state index contributed by atoms with van der Waals surface area (Å²) in [6.45, 7) is 6.35. The van der Waals surface area contributed by atoms with Crippen molar-refractivity contribution in [1.29, 1.82) is 0 Å². The Morgan fingerprint density at radius 2 is 2.11 bits per heavy atom. The molecule has 2 N–H and O–H groups in total. The average Bonchev–Trinajstić information content (AvgIpc) is 2.75. The molecule has 0 aliphatic carbocycles. The van der Waals surface area contributed by atoms with Crippen LogP contribution in [0.25, 0.3) is 11.5 Å². The van der Waals surface area contributed by atoms with Crippen molar-refractivity contribution in [3.8, 4) is 11.5 Å². The molecule has 0 aliphatic heterocycles. The number of hydrogen-bond acceptors (Lipinski definition) is 4. The SMILES string of the molecule is Cc1cccc(N)c1-c1nc(CCC(C)C)no1. The second-order valence-electron chi connectivity index (χ2n) is 4.99. The van der Waals surface area contributed by atoms with Gasteiger partial charge in [-0.25, -0.2) is 0 Å². The highest BCUT2D eigenvalue weighted by Gasteiger charge is 2.14. The van der Waals surface area contributed by atoms with Crippen LogP contribution in [0, 0.1) is 12.8 Å². The number of nitrogen functional groups attached to an aromatic ring is 1. The van der Waals surface area contributed by atoms with Crippen molar-refractivity contribution in [2.75, 3.05) is 5.73 Å². The number of hydrogen-bond donors (Lipinski definition) is 1. The maximum atomic E-state index is 5.96. The molecule has 96 valence electrons. The van der Waals surface area contributed by atoms with E-state index in [9.17, 15) is 0 Å². The van der Waals surface area contributed by atoms with Gasteiger partial charge in [-0.1, -0.05) is 31.1 Å². The largest absolute Gasteiger partial charge is 0.398 e. The second-order valence-corrected chi connectivity index (χ2v) is 4.99. The fourth-order valence-corrected chi connectivity index (χ4v) is 1.86. The molecule has 0 spiro atoms. The summed E-state index contributed by atoms with van der Waals surface area (Å²) in [6, 6.07) is 5.76. The fourth-order valence-electron chi connectivity index (χ4n) is 1.86. The summed E-state index contributed by atoms with van der Waals surface area (Å²) < 4.78 is 5.30. The van der Waals surface area contributed by atoms with E-state index in [1.165, 1.54) is 0 Å². The lowest BCUT2D eigenvalue weighted by Crippen LogP contribution is -1.95. The molecule has 0 fully saturated rings. The van der Waals surface area contributed by atoms with Gasteiger partial charge in [-0.05, 0) is 30.9 Å². The predicted octanol–water partition coefficient (Wildman–Crippen LogP) is 3.22. The number of aromatic nitrogens is 2. The Morgan fingerprint density at radius 3 is 2.78 bits per heavy atom. The van der Waals surface area contributed by atoms with E-state index >= 15 is 0 Å². The van der Waals surface area contributed by atoms with Crippen molar-refractivity contribution in [2.24, 2.45) is 5.92 Å². The Kier molecular flexibility index (Phi) is 3.65. The smallest absolute Gasteiger partial charge is 0.260 e. The van der Waals surface area contributed by atoms with Gasteiger partial charge in [0.15, 0.2) is 5.82 Å². The van der Waals surface area contributed by atoms with Gasteiger partial charge in [0.2, 0.25) is 0 Å². The molecule has 4 heteroatoms. The van der Waals surface area contributed by atoms with Gasteiger partial charge in [0.1, 0.15) is 0 Å². The molecule has 0 atom stereocenters. The summed E-state index contributed by atoms with van der Waals surface area (Å²) >= 11 is 0. The molecule has 1 aromatic heterocycles. The minimum atomic E-state index is 0.518. The highest BCUT2D eigenvalue weighted by molar-refractivity contribution is 5.73. The van der Waals surface area contributed by atoms with Crippen LogP contribution in [0.1, 0.15) is 31.7 Å². The van der Waals surface area contributed by atoms with Crippen LogP contribution in [0.5, 0.6) is 0 Å². The van der Waals surface area contributed by atoms with E-state index in [2.05, 4.69) is 24.0 Å². The summed E-state index contributed by atoms with van der Waals surface area (Å²) in [6.07, 6.45) is 1.90. The number of anilines is 1. The van der Waals surface area contributed by atoms with Gasteiger partial charge in [0.25, 0.3) is 5.89 Å².